The number of hydrogen-bond donors (Lipinski definition) is 0. The maximum Gasteiger partial charge on any atom is 0.127 e. The molecule has 2 aromatic rings. The normalized spacial score (nSPS) is 10.9. The van der Waals surface area contributed by atoms with Gasteiger partial charge in [-0.3, -0.25) is 0 Å². The Morgan fingerprint density at radius 3 is 1.87 bits per heavy atom. The van der Waals surface area contributed by atoms with Crippen LogP contribution in [0.1, 0.15) is 45.4 Å². The largest absolute Gasteiger partial charge is 0.493 e. The molecule has 23 heavy (non-hydrogen) atoms. The van der Waals surface area contributed by atoms with Gasteiger partial charge in [0.05, 0.1) is 13.2 Å². The van der Waals surface area contributed by atoms with Gasteiger partial charge in [0.2, 0.25) is 0 Å². The number of alkyl halides is 1. The minimum Gasteiger partial charge on any atom is -0.493 e. The zero-order valence-corrected chi connectivity index (χ0v) is 15.6. The highest BCUT2D eigenvalue weighted by Crippen LogP contribution is 2.33. The molecule has 2 aromatic carbocycles. The van der Waals surface area contributed by atoms with Crippen molar-refractivity contribution in [1.29, 1.82) is 0 Å². The van der Waals surface area contributed by atoms with E-state index in [2.05, 4.69) is 41.1 Å². The average molecular weight is 379 g/mol. The third kappa shape index (κ3) is 5.72. The number of unbranched alkanes of at least 4 members (excludes halogenated alkanes) is 4. The Balaban J connectivity index is 1.99. The summed E-state index contributed by atoms with van der Waals surface area (Å²) in [5.74, 6) is 1.90. The van der Waals surface area contributed by atoms with Crippen LogP contribution in [0.15, 0.2) is 36.4 Å². The van der Waals surface area contributed by atoms with Crippen LogP contribution in [0.25, 0.3) is 10.8 Å². The van der Waals surface area contributed by atoms with E-state index in [-0.39, 0.29) is 0 Å². The number of ether oxygens (including phenoxy) is 2. The molecule has 0 heterocycles. The molecule has 3 heteroatoms. The maximum atomic E-state index is 6.02. The van der Waals surface area contributed by atoms with Crippen molar-refractivity contribution >= 4 is 26.7 Å². The van der Waals surface area contributed by atoms with E-state index in [1.54, 1.807) is 0 Å². The number of halogens is 1. The van der Waals surface area contributed by atoms with Crippen molar-refractivity contribution < 1.29 is 9.47 Å². The Hall–Kier alpha value is -1.22. The van der Waals surface area contributed by atoms with Crippen LogP contribution in [0.4, 0.5) is 0 Å². The summed E-state index contributed by atoms with van der Waals surface area (Å²) in [6, 6.07) is 12.4. The van der Waals surface area contributed by atoms with Crippen LogP contribution in [0, 0.1) is 0 Å². The van der Waals surface area contributed by atoms with Gasteiger partial charge in [0.25, 0.3) is 0 Å². The highest BCUT2D eigenvalue weighted by Gasteiger charge is 2.07. The SMILES string of the molecule is CCCCCCCOc1ccc(OCCCBr)c2ccccc12. The standard InChI is InChI=1S/C20H27BrO2/c1-2-3-4-5-8-15-22-19-12-13-20(23-16-9-14-21)18-11-7-6-10-17(18)19/h6-7,10-13H,2-5,8-9,14-16H2,1H3. The number of fused-ring (bicyclic) bond motifs is 1. The van der Waals surface area contributed by atoms with Gasteiger partial charge in [-0.1, -0.05) is 72.8 Å². The first kappa shape index (κ1) is 18.1. The van der Waals surface area contributed by atoms with Crippen LogP contribution in [0.3, 0.4) is 0 Å². The second-order valence-electron chi connectivity index (χ2n) is 5.76. The molecule has 2 rings (SSSR count). The molecular weight excluding hydrogens is 352 g/mol. The second-order valence-corrected chi connectivity index (χ2v) is 6.55. The summed E-state index contributed by atoms with van der Waals surface area (Å²) in [6.45, 7) is 3.76. The van der Waals surface area contributed by atoms with Gasteiger partial charge in [0.15, 0.2) is 0 Å². The number of hydrogen-bond acceptors (Lipinski definition) is 2. The lowest BCUT2D eigenvalue weighted by atomic mass is 10.1. The fourth-order valence-electron chi connectivity index (χ4n) is 2.62. The first-order valence-corrected chi connectivity index (χ1v) is 9.82. The fraction of sp³-hybridized carbons (Fsp3) is 0.500. The van der Waals surface area contributed by atoms with Crippen LogP contribution >= 0.6 is 15.9 Å². The second kappa shape index (κ2) is 10.5. The van der Waals surface area contributed by atoms with Crippen LogP contribution in [-0.2, 0) is 0 Å². The van der Waals surface area contributed by atoms with Gasteiger partial charge in [-0.2, -0.15) is 0 Å². The van der Waals surface area contributed by atoms with E-state index < -0.39 is 0 Å². The maximum absolute atomic E-state index is 6.02. The molecule has 126 valence electrons. The van der Waals surface area contributed by atoms with Gasteiger partial charge in [0, 0.05) is 16.1 Å². The Morgan fingerprint density at radius 1 is 0.739 bits per heavy atom. The minimum atomic E-state index is 0.729. The average Bonchev–Trinajstić information content (AvgIpc) is 2.59. The van der Waals surface area contributed by atoms with E-state index in [1.165, 1.54) is 25.7 Å². The van der Waals surface area contributed by atoms with E-state index in [4.69, 9.17) is 9.47 Å². The quantitative estimate of drug-likeness (QED) is 0.334. The van der Waals surface area contributed by atoms with E-state index >= 15 is 0 Å². The molecule has 0 N–H and O–H groups in total. The van der Waals surface area contributed by atoms with Crippen molar-refractivity contribution in [1.82, 2.24) is 0 Å². The van der Waals surface area contributed by atoms with Crippen molar-refractivity contribution in [2.75, 3.05) is 18.5 Å². The molecule has 0 radical (unpaired) electrons. The molecule has 0 saturated heterocycles. The van der Waals surface area contributed by atoms with Crippen LogP contribution in [0.2, 0.25) is 0 Å². The molecule has 0 spiro atoms. The van der Waals surface area contributed by atoms with E-state index in [0.717, 1.165) is 53.7 Å². The van der Waals surface area contributed by atoms with Gasteiger partial charge in [-0.05, 0) is 25.0 Å². The number of rotatable bonds is 11. The van der Waals surface area contributed by atoms with Gasteiger partial charge in [-0.15, -0.1) is 0 Å². The Morgan fingerprint density at radius 2 is 1.30 bits per heavy atom. The molecule has 0 amide bonds. The lowest BCUT2D eigenvalue weighted by molar-refractivity contribution is 0.305. The molecule has 0 bridgehead atoms. The van der Waals surface area contributed by atoms with E-state index in [1.807, 2.05) is 18.2 Å². The first-order chi connectivity index (χ1) is 11.4. The van der Waals surface area contributed by atoms with E-state index in [9.17, 15) is 0 Å². The van der Waals surface area contributed by atoms with Crippen molar-refractivity contribution in [3.63, 3.8) is 0 Å². The first-order valence-electron chi connectivity index (χ1n) is 8.70. The fourth-order valence-corrected chi connectivity index (χ4v) is 2.85. The summed E-state index contributed by atoms with van der Waals surface area (Å²) in [4.78, 5) is 0. The zero-order chi connectivity index (χ0) is 16.3. The Kier molecular flexibility index (Phi) is 8.30. The van der Waals surface area contributed by atoms with Crippen molar-refractivity contribution in [2.24, 2.45) is 0 Å². The topological polar surface area (TPSA) is 18.5 Å². The summed E-state index contributed by atoms with van der Waals surface area (Å²) in [6.07, 6.45) is 7.29. The molecule has 0 atom stereocenters. The van der Waals surface area contributed by atoms with Crippen molar-refractivity contribution in [3.8, 4) is 11.5 Å². The molecule has 0 aromatic heterocycles. The van der Waals surface area contributed by atoms with Crippen LogP contribution in [0.5, 0.6) is 11.5 Å². The summed E-state index contributed by atoms with van der Waals surface area (Å²) in [5.41, 5.74) is 0. The van der Waals surface area contributed by atoms with Gasteiger partial charge >= 0.3 is 0 Å². The predicted octanol–water partition coefficient (Wildman–Crippen LogP) is 6.35. The predicted molar refractivity (Wildman–Crippen MR) is 102 cm³/mol. The van der Waals surface area contributed by atoms with Gasteiger partial charge in [-0.25, -0.2) is 0 Å². The lowest BCUT2D eigenvalue weighted by Crippen LogP contribution is -2.00. The number of benzene rings is 2. The van der Waals surface area contributed by atoms with Gasteiger partial charge < -0.3 is 9.47 Å². The monoisotopic (exact) mass is 378 g/mol. The van der Waals surface area contributed by atoms with Crippen molar-refractivity contribution in [2.45, 2.75) is 45.4 Å². The summed E-state index contributed by atoms with van der Waals surface area (Å²) >= 11 is 3.44. The minimum absolute atomic E-state index is 0.729. The summed E-state index contributed by atoms with van der Waals surface area (Å²) < 4.78 is 11.9. The van der Waals surface area contributed by atoms with Crippen LogP contribution < -0.4 is 9.47 Å². The van der Waals surface area contributed by atoms with Gasteiger partial charge in [0.1, 0.15) is 11.5 Å². The van der Waals surface area contributed by atoms with Crippen molar-refractivity contribution in [3.05, 3.63) is 36.4 Å². The lowest BCUT2D eigenvalue weighted by Gasteiger charge is -2.13. The summed E-state index contributed by atoms with van der Waals surface area (Å²) in [5, 5.41) is 3.23. The zero-order valence-electron chi connectivity index (χ0n) is 14.0. The molecule has 0 aliphatic heterocycles. The Bertz CT molecular complexity index is 583. The molecule has 0 fully saturated rings. The smallest absolute Gasteiger partial charge is 0.127 e. The van der Waals surface area contributed by atoms with E-state index in [0.29, 0.717) is 0 Å². The Labute approximate surface area is 148 Å². The molecular formula is C20H27BrO2. The third-order valence-electron chi connectivity index (χ3n) is 3.89. The molecule has 2 nitrogen and oxygen atoms in total. The van der Waals surface area contributed by atoms with Crippen LogP contribution in [-0.4, -0.2) is 18.5 Å². The summed E-state index contributed by atoms with van der Waals surface area (Å²) in [7, 11) is 0. The molecule has 0 aliphatic rings. The molecule has 0 unspecified atom stereocenters. The molecule has 0 aliphatic carbocycles. The highest BCUT2D eigenvalue weighted by molar-refractivity contribution is 9.09. The molecule has 0 saturated carbocycles. The highest BCUT2D eigenvalue weighted by atomic mass is 79.9. The third-order valence-corrected chi connectivity index (χ3v) is 4.45.